The number of benzene rings is 1. The molecule has 0 radical (unpaired) electrons. The van der Waals surface area contributed by atoms with Gasteiger partial charge in [-0.15, -0.1) is 12.4 Å². The summed E-state index contributed by atoms with van der Waals surface area (Å²) in [7, 11) is 0. The van der Waals surface area contributed by atoms with E-state index in [1.807, 2.05) is 18.2 Å². The smallest absolute Gasteiger partial charge is 0.220 e. The molecule has 2 N–H and O–H groups in total. The predicted molar refractivity (Wildman–Crippen MR) is 92.8 cm³/mol. The lowest BCUT2D eigenvalue weighted by Crippen LogP contribution is -2.32. The van der Waals surface area contributed by atoms with Gasteiger partial charge in [0.25, 0.3) is 0 Å². The van der Waals surface area contributed by atoms with Gasteiger partial charge in [-0.2, -0.15) is 0 Å². The Morgan fingerprint density at radius 1 is 1.41 bits per heavy atom. The molecule has 0 bridgehead atoms. The second-order valence-corrected chi connectivity index (χ2v) is 6.90. The molecule has 3 nitrogen and oxygen atoms in total. The van der Waals surface area contributed by atoms with Gasteiger partial charge in [0.05, 0.1) is 0 Å². The normalized spacial score (nSPS) is 22.0. The van der Waals surface area contributed by atoms with Gasteiger partial charge < -0.3 is 10.6 Å². The number of halogens is 2. The van der Waals surface area contributed by atoms with Crippen molar-refractivity contribution in [2.75, 3.05) is 19.6 Å². The molecule has 1 saturated heterocycles. The first-order valence-corrected chi connectivity index (χ1v) is 8.29. The Morgan fingerprint density at radius 3 is 2.86 bits per heavy atom. The fourth-order valence-electron chi connectivity index (χ4n) is 3.19. The van der Waals surface area contributed by atoms with Gasteiger partial charge in [0.1, 0.15) is 0 Å². The molecule has 1 aromatic carbocycles. The van der Waals surface area contributed by atoms with E-state index in [2.05, 4.69) is 16.7 Å². The third-order valence-corrected chi connectivity index (χ3v) is 5.09. The summed E-state index contributed by atoms with van der Waals surface area (Å²) in [5.41, 5.74) is 1.39. The Morgan fingerprint density at radius 2 is 2.23 bits per heavy atom. The highest BCUT2D eigenvalue weighted by Gasteiger charge is 2.44. The van der Waals surface area contributed by atoms with Crippen LogP contribution in [0.3, 0.4) is 0 Å². The molecule has 1 aliphatic heterocycles. The summed E-state index contributed by atoms with van der Waals surface area (Å²) in [5.74, 6) is 0.869. The molecule has 1 saturated carbocycles. The van der Waals surface area contributed by atoms with E-state index in [0.29, 0.717) is 12.3 Å². The molecule has 1 unspecified atom stereocenters. The van der Waals surface area contributed by atoms with Crippen molar-refractivity contribution in [3.8, 4) is 0 Å². The van der Waals surface area contributed by atoms with Crippen LogP contribution in [0.2, 0.25) is 5.02 Å². The van der Waals surface area contributed by atoms with Gasteiger partial charge >= 0.3 is 0 Å². The van der Waals surface area contributed by atoms with E-state index in [-0.39, 0.29) is 23.7 Å². The highest BCUT2D eigenvalue weighted by molar-refractivity contribution is 6.30. The number of hydrogen-bond donors (Lipinski definition) is 2. The third kappa shape index (κ3) is 4.37. The van der Waals surface area contributed by atoms with Crippen molar-refractivity contribution in [3.05, 3.63) is 34.9 Å². The topological polar surface area (TPSA) is 41.1 Å². The van der Waals surface area contributed by atoms with Gasteiger partial charge in [-0.1, -0.05) is 23.7 Å². The first kappa shape index (κ1) is 17.6. The van der Waals surface area contributed by atoms with E-state index < -0.39 is 0 Å². The van der Waals surface area contributed by atoms with Gasteiger partial charge in [0.15, 0.2) is 0 Å². The standard InChI is InChI=1S/C17H23ClN2O.ClH/c18-15-3-1-2-14(10-15)17(7-8-17)12-20-16(21)5-4-13-6-9-19-11-13;/h1-3,10,13,19H,4-9,11-12H2,(H,20,21);1H. The summed E-state index contributed by atoms with van der Waals surface area (Å²) in [6.07, 6.45) is 5.14. The average Bonchev–Trinajstić information content (AvgIpc) is 3.10. The van der Waals surface area contributed by atoms with Crippen LogP contribution in [-0.2, 0) is 10.2 Å². The van der Waals surface area contributed by atoms with Crippen molar-refractivity contribution in [1.29, 1.82) is 0 Å². The van der Waals surface area contributed by atoms with E-state index in [4.69, 9.17) is 11.6 Å². The van der Waals surface area contributed by atoms with E-state index in [0.717, 1.165) is 43.9 Å². The average molecular weight is 343 g/mol. The minimum absolute atomic E-state index is 0. The highest BCUT2D eigenvalue weighted by Crippen LogP contribution is 2.48. The van der Waals surface area contributed by atoms with Crippen molar-refractivity contribution < 1.29 is 4.79 Å². The fourth-order valence-corrected chi connectivity index (χ4v) is 3.38. The van der Waals surface area contributed by atoms with Crippen molar-refractivity contribution in [2.24, 2.45) is 5.92 Å². The van der Waals surface area contributed by atoms with Crippen LogP contribution in [-0.4, -0.2) is 25.5 Å². The van der Waals surface area contributed by atoms with Crippen molar-refractivity contribution in [2.45, 2.75) is 37.5 Å². The zero-order valence-electron chi connectivity index (χ0n) is 12.7. The molecular formula is C17H24Cl2N2O. The Bertz CT molecular complexity index is 511. The molecule has 122 valence electrons. The Labute approximate surface area is 143 Å². The molecule has 2 fully saturated rings. The number of carbonyl (C=O) groups is 1. The van der Waals surface area contributed by atoms with Crippen LogP contribution in [0.1, 0.15) is 37.7 Å². The number of nitrogens with one attached hydrogen (secondary N) is 2. The molecule has 1 heterocycles. The van der Waals surface area contributed by atoms with E-state index in [1.54, 1.807) is 0 Å². The first-order chi connectivity index (χ1) is 10.2. The number of hydrogen-bond acceptors (Lipinski definition) is 2. The zero-order valence-corrected chi connectivity index (χ0v) is 14.3. The van der Waals surface area contributed by atoms with Gasteiger partial charge in [-0.05, 0) is 62.4 Å². The molecule has 0 aromatic heterocycles. The van der Waals surface area contributed by atoms with Crippen molar-refractivity contribution in [3.63, 3.8) is 0 Å². The van der Waals surface area contributed by atoms with Crippen LogP contribution in [0.4, 0.5) is 0 Å². The van der Waals surface area contributed by atoms with Gasteiger partial charge in [-0.25, -0.2) is 0 Å². The molecule has 2 aliphatic rings. The molecule has 1 amide bonds. The van der Waals surface area contributed by atoms with Gasteiger partial charge in [0, 0.05) is 23.4 Å². The lowest BCUT2D eigenvalue weighted by atomic mass is 9.96. The van der Waals surface area contributed by atoms with Gasteiger partial charge in [0.2, 0.25) is 5.91 Å². The summed E-state index contributed by atoms with van der Waals surface area (Å²) in [4.78, 5) is 12.0. The van der Waals surface area contributed by atoms with Crippen LogP contribution in [0.5, 0.6) is 0 Å². The van der Waals surface area contributed by atoms with E-state index >= 15 is 0 Å². The van der Waals surface area contributed by atoms with Crippen molar-refractivity contribution >= 4 is 29.9 Å². The monoisotopic (exact) mass is 342 g/mol. The number of carbonyl (C=O) groups excluding carboxylic acids is 1. The van der Waals surface area contributed by atoms with E-state index in [1.165, 1.54) is 12.0 Å². The van der Waals surface area contributed by atoms with Crippen molar-refractivity contribution in [1.82, 2.24) is 10.6 Å². The summed E-state index contributed by atoms with van der Waals surface area (Å²) in [6.45, 7) is 2.92. The number of amides is 1. The molecule has 0 spiro atoms. The molecular weight excluding hydrogens is 319 g/mol. The summed E-state index contributed by atoms with van der Waals surface area (Å²) in [5, 5.41) is 7.25. The number of rotatable bonds is 6. The molecule has 22 heavy (non-hydrogen) atoms. The van der Waals surface area contributed by atoms with Crippen LogP contribution >= 0.6 is 24.0 Å². The molecule has 3 rings (SSSR count). The lowest BCUT2D eigenvalue weighted by Gasteiger charge is -2.17. The Balaban J connectivity index is 0.00000176. The fraction of sp³-hybridized carbons (Fsp3) is 0.588. The molecule has 1 atom stereocenters. The molecule has 1 aliphatic carbocycles. The second kappa shape index (κ2) is 7.67. The zero-order chi connectivity index (χ0) is 14.7. The SMILES string of the molecule is Cl.O=C(CCC1CCNC1)NCC1(c2cccc(Cl)c2)CC1. The minimum Gasteiger partial charge on any atom is -0.355 e. The predicted octanol–water partition coefficient (Wildman–Crippen LogP) is 3.30. The third-order valence-electron chi connectivity index (χ3n) is 4.86. The summed E-state index contributed by atoms with van der Waals surface area (Å²) >= 11 is 6.07. The van der Waals surface area contributed by atoms with Crippen LogP contribution < -0.4 is 10.6 Å². The highest BCUT2D eigenvalue weighted by atomic mass is 35.5. The van der Waals surface area contributed by atoms with Crippen LogP contribution in [0.25, 0.3) is 0 Å². The van der Waals surface area contributed by atoms with Gasteiger partial charge in [-0.3, -0.25) is 4.79 Å². The quantitative estimate of drug-likeness (QED) is 0.832. The minimum atomic E-state index is 0. The summed E-state index contributed by atoms with van der Waals surface area (Å²) < 4.78 is 0. The lowest BCUT2D eigenvalue weighted by molar-refractivity contribution is -0.121. The first-order valence-electron chi connectivity index (χ1n) is 7.91. The second-order valence-electron chi connectivity index (χ2n) is 6.46. The maximum atomic E-state index is 12.0. The van der Waals surface area contributed by atoms with Crippen LogP contribution in [0, 0.1) is 5.92 Å². The Hall–Kier alpha value is -0.770. The van der Waals surface area contributed by atoms with E-state index in [9.17, 15) is 4.79 Å². The summed E-state index contributed by atoms with van der Waals surface area (Å²) in [6, 6.07) is 8.04. The molecule has 5 heteroatoms. The largest absolute Gasteiger partial charge is 0.355 e. The maximum absolute atomic E-state index is 12.0. The molecule has 1 aromatic rings. The van der Waals surface area contributed by atoms with Crippen LogP contribution in [0.15, 0.2) is 24.3 Å². The maximum Gasteiger partial charge on any atom is 0.220 e. The Kier molecular flexibility index (Phi) is 6.13.